The molecule has 2 aromatic carbocycles. The van der Waals surface area contributed by atoms with Gasteiger partial charge in [-0.2, -0.15) is 36.9 Å². The Morgan fingerprint density at radius 1 is 0.905 bits per heavy atom. The van der Waals surface area contributed by atoms with Crippen molar-refractivity contribution >= 4 is 65.0 Å². The normalized spacial score (nSPS) is 12.4. The van der Waals surface area contributed by atoms with Gasteiger partial charge >= 0.3 is 10.4 Å². The molecule has 0 spiro atoms. The number of hydrogen-bond donors (Lipinski definition) is 6. The molecule has 3 aromatic rings. The summed E-state index contributed by atoms with van der Waals surface area (Å²) in [4.78, 5) is 11.7. The summed E-state index contributed by atoms with van der Waals surface area (Å²) < 4.78 is 92.7. The zero-order valence-electron chi connectivity index (χ0n) is 22.0. The van der Waals surface area contributed by atoms with Crippen LogP contribution in [0.5, 0.6) is 0 Å². The summed E-state index contributed by atoms with van der Waals surface area (Å²) in [6.45, 7) is 0.435. The van der Waals surface area contributed by atoms with Gasteiger partial charge in [0, 0.05) is 13.6 Å². The molecule has 6 N–H and O–H groups in total. The van der Waals surface area contributed by atoms with Gasteiger partial charge in [0.1, 0.15) is 16.4 Å². The van der Waals surface area contributed by atoms with E-state index in [1.54, 1.807) is 14.0 Å². The van der Waals surface area contributed by atoms with Crippen molar-refractivity contribution in [3.8, 4) is 0 Å². The van der Waals surface area contributed by atoms with E-state index < -0.39 is 47.6 Å². The van der Waals surface area contributed by atoms with Crippen LogP contribution in [0.25, 0.3) is 0 Å². The van der Waals surface area contributed by atoms with Crippen LogP contribution in [0.1, 0.15) is 5.82 Å². The Morgan fingerprint density at radius 2 is 1.57 bits per heavy atom. The molecule has 228 valence electrons. The van der Waals surface area contributed by atoms with Crippen LogP contribution >= 0.6 is 0 Å². The molecule has 3 rings (SSSR count). The summed E-state index contributed by atoms with van der Waals surface area (Å²) in [6, 6.07) is 7.21. The summed E-state index contributed by atoms with van der Waals surface area (Å²) in [5.74, 6) is -0.0823. The van der Waals surface area contributed by atoms with Crippen LogP contribution < -0.4 is 16.0 Å². The minimum absolute atomic E-state index is 0.0468. The first kappa shape index (κ1) is 32.7. The maximum atomic E-state index is 12.4. The molecule has 0 amide bonds. The van der Waals surface area contributed by atoms with E-state index in [9.17, 15) is 34.9 Å². The van der Waals surface area contributed by atoms with Gasteiger partial charge in [0.2, 0.25) is 11.9 Å². The number of sulfone groups is 1. The Balaban J connectivity index is 1.99. The summed E-state index contributed by atoms with van der Waals surface area (Å²) in [5.41, 5.74) is 0.108. The van der Waals surface area contributed by atoms with Crippen molar-refractivity contribution in [3.63, 3.8) is 0 Å². The topological polar surface area (TPSA) is 272 Å². The Bertz CT molecular complexity index is 1780. The number of benzene rings is 2. The molecule has 0 saturated carbocycles. The molecule has 0 saturated heterocycles. The molecular formula is C21H26N8O10S3. The summed E-state index contributed by atoms with van der Waals surface area (Å²) in [5, 5.41) is 25.6. The first-order valence-corrected chi connectivity index (χ1v) is 16.1. The SMILES string of the molecule is CNc1nc(C)nc(Nc2cc(NCCO)c(S(=O)(=O)O)cc2N=Nc2ccc(S(=O)(=O)CCOS(=O)(=O)O)cc2)n1. The molecule has 0 bridgehead atoms. The minimum atomic E-state index is -4.80. The number of anilines is 4. The van der Waals surface area contributed by atoms with Crippen molar-refractivity contribution in [1.29, 1.82) is 0 Å². The number of aryl methyl sites for hydroxylation is 1. The fraction of sp³-hybridized carbons (Fsp3) is 0.286. The number of azo groups is 1. The number of aliphatic hydroxyl groups excluding tert-OH is 1. The lowest BCUT2D eigenvalue weighted by Gasteiger charge is -2.15. The van der Waals surface area contributed by atoms with E-state index >= 15 is 0 Å². The molecule has 0 radical (unpaired) electrons. The van der Waals surface area contributed by atoms with Crippen molar-refractivity contribution in [3.05, 3.63) is 42.2 Å². The van der Waals surface area contributed by atoms with Crippen LogP contribution in [-0.4, -0.2) is 87.0 Å². The average molecular weight is 647 g/mol. The number of aromatic nitrogens is 3. The second-order valence-electron chi connectivity index (χ2n) is 8.16. The maximum absolute atomic E-state index is 12.4. The predicted octanol–water partition coefficient (Wildman–Crippen LogP) is 1.62. The monoisotopic (exact) mass is 646 g/mol. The van der Waals surface area contributed by atoms with Gasteiger partial charge in [-0.25, -0.2) is 12.6 Å². The van der Waals surface area contributed by atoms with E-state index in [1.807, 2.05) is 0 Å². The van der Waals surface area contributed by atoms with Crippen molar-refractivity contribution in [2.45, 2.75) is 16.7 Å². The summed E-state index contributed by atoms with van der Waals surface area (Å²) in [6.07, 6.45) is 0. The fourth-order valence-corrected chi connectivity index (χ4v) is 5.42. The van der Waals surface area contributed by atoms with E-state index in [-0.39, 0.29) is 52.7 Å². The second-order valence-corrected chi connectivity index (χ2v) is 12.7. The number of nitrogens with zero attached hydrogens (tertiary/aromatic N) is 5. The van der Waals surface area contributed by atoms with Crippen LogP contribution in [0.4, 0.5) is 34.6 Å². The molecule has 0 aliphatic rings. The quantitative estimate of drug-likeness (QED) is 0.107. The van der Waals surface area contributed by atoms with Gasteiger partial charge < -0.3 is 21.1 Å². The van der Waals surface area contributed by atoms with Crippen molar-refractivity contribution < 1.29 is 43.6 Å². The third-order valence-electron chi connectivity index (χ3n) is 5.07. The molecule has 21 heteroatoms. The molecule has 42 heavy (non-hydrogen) atoms. The van der Waals surface area contributed by atoms with Crippen LogP contribution in [0, 0.1) is 6.92 Å². The molecule has 18 nitrogen and oxygen atoms in total. The fourth-order valence-electron chi connectivity index (χ4n) is 3.26. The standard InChI is InChI=1S/C21H26N8O10S3/c1-13-24-20(22-2)27-21(25-13)26-16-11-18(23-7-8-30)19(41(33,34)35)12-17(16)29-28-14-3-5-15(6-4-14)40(31,32)10-9-39-42(36,37)38/h3-6,11-12,23,30H,7-10H2,1-2H3,(H,33,34,35)(H,36,37,38)(H2,22,24,25,26,27). The Labute approximate surface area is 240 Å². The maximum Gasteiger partial charge on any atom is 0.397 e. The number of nitrogens with one attached hydrogen (secondary N) is 3. The first-order chi connectivity index (χ1) is 19.6. The average Bonchev–Trinajstić information content (AvgIpc) is 2.89. The zero-order chi connectivity index (χ0) is 31.1. The number of hydrogen-bond acceptors (Lipinski definition) is 16. The van der Waals surface area contributed by atoms with E-state index in [2.05, 4.69) is 45.3 Å². The van der Waals surface area contributed by atoms with E-state index in [1.165, 1.54) is 30.3 Å². The van der Waals surface area contributed by atoms with E-state index in [0.717, 1.165) is 6.07 Å². The molecule has 0 aliphatic carbocycles. The highest BCUT2D eigenvalue weighted by molar-refractivity contribution is 7.91. The molecule has 0 fully saturated rings. The van der Waals surface area contributed by atoms with Gasteiger partial charge in [-0.15, -0.1) is 5.11 Å². The van der Waals surface area contributed by atoms with Gasteiger partial charge in [0.15, 0.2) is 9.84 Å². The molecule has 1 aromatic heterocycles. The highest BCUT2D eigenvalue weighted by Crippen LogP contribution is 2.37. The van der Waals surface area contributed by atoms with Gasteiger partial charge in [0.05, 0.1) is 40.9 Å². The smallest absolute Gasteiger partial charge is 0.395 e. The Morgan fingerprint density at radius 3 is 2.17 bits per heavy atom. The van der Waals surface area contributed by atoms with Crippen molar-refractivity contribution in [2.75, 3.05) is 48.5 Å². The zero-order valence-corrected chi connectivity index (χ0v) is 24.4. The largest absolute Gasteiger partial charge is 0.397 e. The van der Waals surface area contributed by atoms with Crippen LogP contribution in [0.15, 0.2) is 56.4 Å². The van der Waals surface area contributed by atoms with Crippen LogP contribution in [0.2, 0.25) is 0 Å². The number of aliphatic hydroxyl groups is 1. The molecule has 1 heterocycles. The third-order valence-corrected chi connectivity index (χ3v) is 8.13. The molecule has 0 aliphatic heterocycles. The van der Waals surface area contributed by atoms with Gasteiger partial charge in [-0.3, -0.25) is 9.11 Å². The summed E-state index contributed by atoms with van der Waals surface area (Å²) >= 11 is 0. The molecular weight excluding hydrogens is 620 g/mol. The second kappa shape index (κ2) is 13.4. The van der Waals surface area contributed by atoms with E-state index in [4.69, 9.17) is 4.55 Å². The van der Waals surface area contributed by atoms with Crippen LogP contribution in [-0.2, 0) is 34.5 Å². The number of rotatable bonds is 14. The summed E-state index contributed by atoms with van der Waals surface area (Å²) in [7, 11) is -11.9. The lowest BCUT2D eigenvalue weighted by Crippen LogP contribution is -2.15. The molecule has 0 atom stereocenters. The highest BCUT2D eigenvalue weighted by atomic mass is 32.3. The highest BCUT2D eigenvalue weighted by Gasteiger charge is 2.21. The van der Waals surface area contributed by atoms with Crippen molar-refractivity contribution in [1.82, 2.24) is 15.0 Å². The minimum Gasteiger partial charge on any atom is -0.395 e. The first-order valence-electron chi connectivity index (χ1n) is 11.7. The Hall–Kier alpha value is -3.86. The van der Waals surface area contributed by atoms with Gasteiger partial charge in [-0.05, 0) is 43.3 Å². The predicted molar refractivity (Wildman–Crippen MR) is 149 cm³/mol. The van der Waals surface area contributed by atoms with Gasteiger partial charge in [-0.1, -0.05) is 0 Å². The third kappa shape index (κ3) is 9.34. The lowest BCUT2D eigenvalue weighted by atomic mass is 10.2. The van der Waals surface area contributed by atoms with Crippen molar-refractivity contribution in [2.24, 2.45) is 10.2 Å². The Kier molecular flexibility index (Phi) is 10.4. The molecule has 0 unspecified atom stereocenters. The van der Waals surface area contributed by atoms with E-state index in [0.29, 0.717) is 5.82 Å². The van der Waals surface area contributed by atoms with Crippen LogP contribution in [0.3, 0.4) is 0 Å². The van der Waals surface area contributed by atoms with Gasteiger partial charge in [0.25, 0.3) is 10.1 Å². The lowest BCUT2D eigenvalue weighted by molar-refractivity contribution is 0.284.